The van der Waals surface area contributed by atoms with E-state index < -0.39 is 0 Å². The molecule has 0 heteroatoms. The summed E-state index contributed by atoms with van der Waals surface area (Å²) in [4.78, 5) is 0. The molecule has 0 unspecified atom stereocenters. The van der Waals surface area contributed by atoms with Crippen LogP contribution in [0.5, 0.6) is 0 Å². The van der Waals surface area contributed by atoms with Gasteiger partial charge in [0.1, 0.15) is 0 Å². The molecule has 0 aromatic carbocycles. The first-order valence-electron chi connectivity index (χ1n) is 4.63. The molecule has 0 aliphatic rings. The highest BCUT2D eigenvalue weighted by molar-refractivity contribution is 4.66. The second kappa shape index (κ2) is 4.76. The van der Waals surface area contributed by atoms with Gasteiger partial charge >= 0.3 is 0 Å². The van der Waals surface area contributed by atoms with Gasteiger partial charge in [0, 0.05) is 0 Å². The van der Waals surface area contributed by atoms with Crippen molar-refractivity contribution in [3.8, 4) is 0 Å². The molecule has 0 amide bonds. The average molecular weight is 142 g/mol. The summed E-state index contributed by atoms with van der Waals surface area (Å²) in [6.07, 6.45) is 2.67. The summed E-state index contributed by atoms with van der Waals surface area (Å²) in [7, 11) is 0. The Kier molecular flexibility index (Phi) is 4.76. The van der Waals surface area contributed by atoms with E-state index in [1.807, 2.05) is 0 Å². The van der Waals surface area contributed by atoms with Gasteiger partial charge in [-0.25, -0.2) is 0 Å². The molecule has 2 atom stereocenters. The Balaban J connectivity index is 3.80. The molecule has 0 aliphatic heterocycles. The molecule has 0 fully saturated rings. The molecule has 0 aromatic heterocycles. The molecule has 0 spiro atoms. The summed E-state index contributed by atoms with van der Waals surface area (Å²) < 4.78 is 0. The molecule has 0 rings (SSSR count). The van der Waals surface area contributed by atoms with E-state index in [2.05, 4.69) is 34.6 Å². The summed E-state index contributed by atoms with van der Waals surface area (Å²) >= 11 is 0. The lowest BCUT2D eigenvalue weighted by Crippen LogP contribution is -2.16. The number of rotatable bonds is 4. The maximum atomic E-state index is 2.37. The third-order valence-corrected chi connectivity index (χ3v) is 2.70. The molecule has 0 bridgehead atoms. The Morgan fingerprint density at radius 2 is 1.40 bits per heavy atom. The second-order valence-corrected chi connectivity index (χ2v) is 3.70. The smallest absolute Gasteiger partial charge is 0.0368 e. The molecule has 0 radical (unpaired) electrons. The van der Waals surface area contributed by atoms with E-state index in [4.69, 9.17) is 0 Å². The van der Waals surface area contributed by atoms with Gasteiger partial charge in [0.05, 0.1) is 0 Å². The van der Waals surface area contributed by atoms with E-state index in [1.165, 1.54) is 12.8 Å². The summed E-state index contributed by atoms with van der Waals surface area (Å²) in [5.41, 5.74) is 0. The summed E-state index contributed by atoms with van der Waals surface area (Å²) in [5.74, 6) is 2.70. The summed E-state index contributed by atoms with van der Waals surface area (Å²) in [6, 6.07) is 0. The van der Waals surface area contributed by atoms with Gasteiger partial charge < -0.3 is 0 Å². The van der Waals surface area contributed by atoms with Crippen molar-refractivity contribution in [3.63, 3.8) is 0 Å². The number of hydrogen-bond donors (Lipinski definition) is 0. The van der Waals surface area contributed by atoms with Gasteiger partial charge in [-0.1, -0.05) is 47.5 Å². The van der Waals surface area contributed by atoms with Gasteiger partial charge in [0.15, 0.2) is 0 Å². The maximum Gasteiger partial charge on any atom is -0.0368 e. The van der Waals surface area contributed by atoms with Crippen molar-refractivity contribution in [2.24, 2.45) is 17.8 Å². The van der Waals surface area contributed by atoms with E-state index in [1.54, 1.807) is 0 Å². The Labute approximate surface area is 66.0 Å². The van der Waals surface area contributed by atoms with Crippen LogP contribution >= 0.6 is 0 Å². The predicted octanol–water partition coefficient (Wildman–Crippen LogP) is 3.71. The predicted molar refractivity (Wildman–Crippen MR) is 48.1 cm³/mol. The van der Waals surface area contributed by atoms with E-state index in [0.717, 1.165) is 17.8 Å². The van der Waals surface area contributed by atoms with Gasteiger partial charge in [0.2, 0.25) is 0 Å². The van der Waals surface area contributed by atoms with Crippen molar-refractivity contribution < 1.29 is 0 Å². The van der Waals surface area contributed by atoms with Crippen molar-refractivity contribution in [1.29, 1.82) is 0 Å². The van der Waals surface area contributed by atoms with Crippen LogP contribution in [0.1, 0.15) is 47.5 Å². The van der Waals surface area contributed by atoms with Gasteiger partial charge in [-0.05, 0) is 17.8 Å². The average Bonchev–Trinajstić information content (AvgIpc) is 1.88. The topological polar surface area (TPSA) is 0 Å². The van der Waals surface area contributed by atoms with E-state index in [9.17, 15) is 0 Å². The maximum absolute atomic E-state index is 2.37. The minimum absolute atomic E-state index is 0.861. The highest BCUT2D eigenvalue weighted by Gasteiger charge is 2.16. The van der Waals surface area contributed by atoms with Crippen molar-refractivity contribution in [1.82, 2.24) is 0 Å². The largest absolute Gasteiger partial charge is 0.0651 e. The molecular formula is C10H22. The third-order valence-electron chi connectivity index (χ3n) is 2.70. The highest BCUT2D eigenvalue weighted by Crippen LogP contribution is 2.25. The molecule has 62 valence electrons. The quantitative estimate of drug-likeness (QED) is 0.561. The highest BCUT2D eigenvalue weighted by atomic mass is 14.2. The SMILES string of the molecule is CC[C@H](C(C)C)[C@@H](C)CC. The molecule has 0 aliphatic carbocycles. The van der Waals surface area contributed by atoms with Gasteiger partial charge in [-0.2, -0.15) is 0 Å². The second-order valence-electron chi connectivity index (χ2n) is 3.70. The summed E-state index contributed by atoms with van der Waals surface area (Å²) in [6.45, 7) is 11.6. The molecule has 0 saturated heterocycles. The Morgan fingerprint density at radius 3 is 1.50 bits per heavy atom. The third kappa shape index (κ3) is 2.72. The van der Waals surface area contributed by atoms with Crippen molar-refractivity contribution in [2.45, 2.75) is 47.5 Å². The zero-order valence-electron chi connectivity index (χ0n) is 8.15. The van der Waals surface area contributed by atoms with Crippen LogP contribution in [-0.4, -0.2) is 0 Å². The molecule has 0 heterocycles. The van der Waals surface area contributed by atoms with Crippen LogP contribution in [0.2, 0.25) is 0 Å². The molecular weight excluding hydrogens is 120 g/mol. The lowest BCUT2D eigenvalue weighted by atomic mass is 9.81. The lowest BCUT2D eigenvalue weighted by molar-refractivity contribution is 0.256. The Bertz CT molecular complexity index is 74.1. The zero-order chi connectivity index (χ0) is 8.15. The van der Waals surface area contributed by atoms with Crippen LogP contribution < -0.4 is 0 Å². The van der Waals surface area contributed by atoms with E-state index in [-0.39, 0.29) is 0 Å². The molecule has 0 nitrogen and oxygen atoms in total. The van der Waals surface area contributed by atoms with Gasteiger partial charge in [-0.3, -0.25) is 0 Å². The van der Waals surface area contributed by atoms with E-state index in [0.29, 0.717) is 0 Å². The fourth-order valence-corrected chi connectivity index (χ4v) is 1.83. The molecule has 0 saturated carbocycles. The minimum Gasteiger partial charge on any atom is -0.0651 e. The Morgan fingerprint density at radius 1 is 0.900 bits per heavy atom. The first kappa shape index (κ1) is 10.0. The standard InChI is InChI=1S/C10H22/c1-6-9(5)10(7-2)8(3)4/h8-10H,6-7H2,1-5H3/t9-,10+/m0/s1. The fraction of sp³-hybridized carbons (Fsp3) is 1.00. The van der Waals surface area contributed by atoms with Crippen LogP contribution in [0, 0.1) is 17.8 Å². The van der Waals surface area contributed by atoms with Crippen molar-refractivity contribution >= 4 is 0 Å². The lowest BCUT2D eigenvalue weighted by Gasteiger charge is -2.24. The molecule has 0 aromatic rings. The fourth-order valence-electron chi connectivity index (χ4n) is 1.83. The minimum atomic E-state index is 0.861. The van der Waals surface area contributed by atoms with Crippen LogP contribution in [0.4, 0.5) is 0 Å². The van der Waals surface area contributed by atoms with Crippen molar-refractivity contribution in [2.75, 3.05) is 0 Å². The Hall–Kier alpha value is 0. The van der Waals surface area contributed by atoms with Crippen LogP contribution in [-0.2, 0) is 0 Å². The van der Waals surface area contributed by atoms with Crippen molar-refractivity contribution in [3.05, 3.63) is 0 Å². The van der Waals surface area contributed by atoms with Crippen LogP contribution in [0.15, 0.2) is 0 Å². The number of hydrogen-bond acceptors (Lipinski definition) is 0. The molecule has 10 heavy (non-hydrogen) atoms. The monoisotopic (exact) mass is 142 g/mol. The summed E-state index contributed by atoms with van der Waals surface area (Å²) in [5, 5.41) is 0. The van der Waals surface area contributed by atoms with Crippen LogP contribution in [0.3, 0.4) is 0 Å². The zero-order valence-corrected chi connectivity index (χ0v) is 8.15. The van der Waals surface area contributed by atoms with Gasteiger partial charge in [-0.15, -0.1) is 0 Å². The molecule has 0 N–H and O–H groups in total. The normalized spacial score (nSPS) is 17.4. The first-order chi connectivity index (χ1) is 4.63. The first-order valence-corrected chi connectivity index (χ1v) is 4.63. The van der Waals surface area contributed by atoms with E-state index >= 15 is 0 Å². The van der Waals surface area contributed by atoms with Crippen LogP contribution in [0.25, 0.3) is 0 Å². The van der Waals surface area contributed by atoms with Gasteiger partial charge in [0.25, 0.3) is 0 Å².